The largest absolute Gasteiger partial charge is 0.497 e. The Morgan fingerprint density at radius 3 is 2.32 bits per heavy atom. The second kappa shape index (κ2) is 9.88. The van der Waals surface area contributed by atoms with Gasteiger partial charge in [0.2, 0.25) is 0 Å². The topological polar surface area (TPSA) is 49.3 Å². The molecule has 0 unspecified atom stereocenters. The highest BCUT2D eigenvalue weighted by Gasteiger charge is 2.19. The van der Waals surface area contributed by atoms with Gasteiger partial charge in [0, 0.05) is 45.5 Å². The van der Waals surface area contributed by atoms with Crippen molar-refractivity contribution >= 4 is 11.6 Å². The number of hydrogen-bond donors (Lipinski definition) is 1. The van der Waals surface area contributed by atoms with Crippen molar-refractivity contribution in [1.82, 2.24) is 10.2 Å². The third-order valence-electron chi connectivity index (χ3n) is 5.06. The van der Waals surface area contributed by atoms with E-state index in [2.05, 4.69) is 44.4 Å². The highest BCUT2D eigenvalue weighted by molar-refractivity contribution is 5.80. The summed E-state index contributed by atoms with van der Waals surface area (Å²) in [4.78, 5) is 9.20. The van der Waals surface area contributed by atoms with Gasteiger partial charge in [0.25, 0.3) is 0 Å². The van der Waals surface area contributed by atoms with E-state index in [0.29, 0.717) is 0 Å². The van der Waals surface area contributed by atoms with E-state index in [9.17, 15) is 0 Å². The Morgan fingerprint density at radius 2 is 1.68 bits per heavy atom. The van der Waals surface area contributed by atoms with E-state index in [1.54, 1.807) is 14.2 Å². The molecule has 0 radical (unpaired) electrons. The normalized spacial score (nSPS) is 14.8. The summed E-state index contributed by atoms with van der Waals surface area (Å²) >= 11 is 0. The van der Waals surface area contributed by atoms with Crippen LogP contribution in [0.1, 0.15) is 5.56 Å². The lowest BCUT2D eigenvalue weighted by Gasteiger charge is -2.37. The molecule has 6 nitrogen and oxygen atoms in total. The first kappa shape index (κ1) is 19.9. The summed E-state index contributed by atoms with van der Waals surface area (Å²) in [5.74, 6) is 2.76. The molecule has 0 aliphatic carbocycles. The lowest BCUT2D eigenvalue weighted by molar-refractivity contribution is 0.372. The first-order valence-corrected chi connectivity index (χ1v) is 9.71. The number of anilines is 1. The molecule has 1 aliphatic heterocycles. The summed E-state index contributed by atoms with van der Waals surface area (Å²) < 4.78 is 10.5. The molecule has 0 aromatic heterocycles. The van der Waals surface area contributed by atoms with E-state index < -0.39 is 0 Å². The fourth-order valence-electron chi connectivity index (χ4n) is 3.45. The molecule has 0 atom stereocenters. The predicted octanol–water partition coefficient (Wildman–Crippen LogP) is 2.64. The van der Waals surface area contributed by atoms with Crippen LogP contribution < -0.4 is 19.7 Å². The number of nitrogens with one attached hydrogen (secondary N) is 1. The van der Waals surface area contributed by atoms with Gasteiger partial charge in [-0.15, -0.1) is 0 Å². The van der Waals surface area contributed by atoms with Crippen molar-refractivity contribution in [2.45, 2.75) is 6.42 Å². The molecule has 1 saturated heterocycles. The smallest absolute Gasteiger partial charge is 0.193 e. The number of aliphatic imine (C=N–C) groups is 1. The van der Waals surface area contributed by atoms with Gasteiger partial charge >= 0.3 is 0 Å². The van der Waals surface area contributed by atoms with Crippen LogP contribution in [0.3, 0.4) is 0 Å². The van der Waals surface area contributed by atoms with Crippen molar-refractivity contribution in [2.24, 2.45) is 4.99 Å². The van der Waals surface area contributed by atoms with Crippen molar-refractivity contribution in [1.29, 1.82) is 0 Å². The molecule has 28 heavy (non-hydrogen) atoms. The average Bonchev–Trinajstić information content (AvgIpc) is 2.77. The highest BCUT2D eigenvalue weighted by Crippen LogP contribution is 2.20. The van der Waals surface area contributed by atoms with Gasteiger partial charge in [-0.25, -0.2) is 0 Å². The number of methoxy groups -OCH3 is 2. The first-order chi connectivity index (χ1) is 13.7. The molecule has 2 aromatic carbocycles. The van der Waals surface area contributed by atoms with Gasteiger partial charge in [0.05, 0.1) is 14.2 Å². The molecule has 0 saturated carbocycles. The van der Waals surface area contributed by atoms with Gasteiger partial charge in [-0.3, -0.25) is 4.99 Å². The molecule has 0 amide bonds. The maximum atomic E-state index is 5.29. The lowest BCUT2D eigenvalue weighted by atomic mass is 10.1. The van der Waals surface area contributed by atoms with Gasteiger partial charge < -0.3 is 24.6 Å². The zero-order valence-corrected chi connectivity index (χ0v) is 17.0. The third-order valence-corrected chi connectivity index (χ3v) is 5.06. The van der Waals surface area contributed by atoms with E-state index in [1.807, 2.05) is 31.3 Å². The zero-order chi connectivity index (χ0) is 19.8. The van der Waals surface area contributed by atoms with Gasteiger partial charge in [0.15, 0.2) is 5.96 Å². The van der Waals surface area contributed by atoms with Crippen LogP contribution in [0.5, 0.6) is 11.5 Å². The van der Waals surface area contributed by atoms with Crippen LogP contribution in [0, 0.1) is 0 Å². The summed E-state index contributed by atoms with van der Waals surface area (Å²) in [5, 5.41) is 3.49. The van der Waals surface area contributed by atoms with Crippen LogP contribution in [0.25, 0.3) is 0 Å². The van der Waals surface area contributed by atoms with Crippen LogP contribution in [-0.2, 0) is 6.42 Å². The van der Waals surface area contributed by atoms with E-state index >= 15 is 0 Å². The maximum absolute atomic E-state index is 5.29. The van der Waals surface area contributed by atoms with E-state index in [4.69, 9.17) is 9.47 Å². The van der Waals surface area contributed by atoms with Crippen molar-refractivity contribution in [2.75, 3.05) is 58.9 Å². The summed E-state index contributed by atoms with van der Waals surface area (Å²) in [7, 11) is 5.25. The van der Waals surface area contributed by atoms with E-state index in [1.165, 1.54) is 11.3 Å². The molecular weight excluding hydrogens is 352 g/mol. The van der Waals surface area contributed by atoms with Gasteiger partial charge in [-0.2, -0.15) is 0 Å². The Hall–Kier alpha value is -2.89. The quantitative estimate of drug-likeness (QED) is 0.615. The number of hydrogen-bond acceptors (Lipinski definition) is 4. The monoisotopic (exact) mass is 382 g/mol. The van der Waals surface area contributed by atoms with Crippen LogP contribution >= 0.6 is 0 Å². The fraction of sp³-hybridized carbons (Fsp3) is 0.409. The molecular formula is C22H30N4O2. The molecule has 150 valence electrons. The minimum Gasteiger partial charge on any atom is -0.497 e. The van der Waals surface area contributed by atoms with Crippen molar-refractivity contribution in [3.05, 3.63) is 54.1 Å². The van der Waals surface area contributed by atoms with Crippen LogP contribution in [0.15, 0.2) is 53.5 Å². The number of benzene rings is 2. The molecule has 6 heteroatoms. The zero-order valence-electron chi connectivity index (χ0n) is 17.0. The Labute approximate surface area is 167 Å². The summed E-state index contributed by atoms with van der Waals surface area (Å²) in [5.41, 5.74) is 2.49. The molecule has 1 N–H and O–H groups in total. The minimum atomic E-state index is 0.846. The Morgan fingerprint density at radius 1 is 0.964 bits per heavy atom. The third kappa shape index (κ3) is 5.09. The summed E-state index contributed by atoms with van der Waals surface area (Å²) in [6, 6.07) is 16.5. The SMILES string of the molecule is CN=C(NCCc1cccc(OC)c1)N1CCN(c2ccc(OC)cc2)CC1. The number of piperazine rings is 1. The Bertz CT molecular complexity index is 768. The number of guanidine groups is 1. The molecule has 2 aromatic rings. The highest BCUT2D eigenvalue weighted by atomic mass is 16.5. The average molecular weight is 383 g/mol. The van der Waals surface area contributed by atoms with Crippen molar-refractivity contribution < 1.29 is 9.47 Å². The molecule has 1 fully saturated rings. The van der Waals surface area contributed by atoms with Crippen molar-refractivity contribution in [3.63, 3.8) is 0 Å². The molecule has 0 bridgehead atoms. The van der Waals surface area contributed by atoms with Crippen LogP contribution in [-0.4, -0.2) is 64.9 Å². The van der Waals surface area contributed by atoms with Crippen LogP contribution in [0.4, 0.5) is 5.69 Å². The van der Waals surface area contributed by atoms with Crippen LogP contribution in [0.2, 0.25) is 0 Å². The number of rotatable bonds is 6. The number of nitrogens with zero attached hydrogens (tertiary/aromatic N) is 3. The lowest BCUT2D eigenvalue weighted by Crippen LogP contribution is -2.52. The second-order valence-corrected chi connectivity index (χ2v) is 6.75. The Kier molecular flexibility index (Phi) is 7.00. The molecule has 1 heterocycles. The van der Waals surface area contributed by atoms with Gasteiger partial charge in [0.1, 0.15) is 11.5 Å². The summed E-state index contributed by atoms with van der Waals surface area (Å²) in [6.07, 6.45) is 0.933. The first-order valence-electron chi connectivity index (χ1n) is 9.71. The molecule has 1 aliphatic rings. The molecule has 0 spiro atoms. The molecule has 3 rings (SSSR count). The van der Waals surface area contributed by atoms with Gasteiger partial charge in [-0.1, -0.05) is 12.1 Å². The van der Waals surface area contributed by atoms with Crippen molar-refractivity contribution in [3.8, 4) is 11.5 Å². The minimum absolute atomic E-state index is 0.846. The number of ether oxygens (including phenoxy) is 2. The van der Waals surface area contributed by atoms with Gasteiger partial charge in [-0.05, 0) is 48.4 Å². The Balaban J connectivity index is 1.47. The summed E-state index contributed by atoms with van der Waals surface area (Å²) in [6.45, 7) is 4.69. The van der Waals surface area contributed by atoms with E-state index in [-0.39, 0.29) is 0 Å². The fourth-order valence-corrected chi connectivity index (χ4v) is 3.45. The predicted molar refractivity (Wildman–Crippen MR) is 115 cm³/mol. The standard InChI is InChI=1S/C22H30N4O2/c1-23-22(24-12-11-18-5-4-6-21(17-18)28-3)26-15-13-25(14-16-26)19-7-9-20(27-2)10-8-19/h4-10,17H,11-16H2,1-3H3,(H,23,24). The maximum Gasteiger partial charge on any atom is 0.193 e. The second-order valence-electron chi connectivity index (χ2n) is 6.75. The van der Waals surface area contributed by atoms with E-state index in [0.717, 1.165) is 56.6 Å².